The lowest BCUT2D eigenvalue weighted by molar-refractivity contribution is -0.289. The van der Waals surface area contributed by atoms with E-state index in [-0.39, 0.29) is 47.9 Å². The normalized spacial score (nSPS) is 26.3. The lowest BCUT2D eigenvalue weighted by Gasteiger charge is -2.61. The lowest BCUT2D eigenvalue weighted by atomic mass is 9.46. The predicted molar refractivity (Wildman–Crippen MR) is 239 cm³/mol. The zero-order valence-electron chi connectivity index (χ0n) is 39.5. The molecule has 7 atom stereocenters. The Morgan fingerprint density at radius 2 is 1.50 bits per heavy atom. The number of rotatable bonds is 14. The van der Waals surface area contributed by atoms with Gasteiger partial charge in [-0.25, -0.2) is 9.78 Å². The second-order valence-electron chi connectivity index (χ2n) is 21.9. The number of hydrogen-bond acceptors (Lipinski definition) is 9. The first-order chi connectivity index (χ1) is 29.7. The second-order valence-corrected chi connectivity index (χ2v) is 21.9. The molecule has 17 nitrogen and oxygen atoms in total. The van der Waals surface area contributed by atoms with Crippen LogP contribution in [0.25, 0.3) is 0 Å². The zero-order valence-corrected chi connectivity index (χ0v) is 39.5. The van der Waals surface area contributed by atoms with E-state index in [0.717, 1.165) is 17.2 Å². The summed E-state index contributed by atoms with van der Waals surface area (Å²) in [4.78, 5) is 86.6. The number of piperidine rings is 1. The Labute approximate surface area is 377 Å². The van der Waals surface area contributed by atoms with Gasteiger partial charge in [0.25, 0.3) is 5.91 Å². The molecule has 4 bridgehead atoms. The van der Waals surface area contributed by atoms with Gasteiger partial charge in [0.1, 0.15) is 23.7 Å². The molecule has 6 amide bonds. The van der Waals surface area contributed by atoms with E-state index in [1.807, 2.05) is 48.6 Å². The van der Waals surface area contributed by atoms with Crippen molar-refractivity contribution in [2.75, 3.05) is 5.32 Å². The van der Waals surface area contributed by atoms with Gasteiger partial charge in [-0.1, -0.05) is 19.9 Å². The third kappa shape index (κ3) is 11.1. The van der Waals surface area contributed by atoms with Crippen LogP contribution in [0.15, 0.2) is 36.8 Å². The maximum absolute atomic E-state index is 14.5. The highest BCUT2D eigenvalue weighted by Gasteiger charge is 2.61. The summed E-state index contributed by atoms with van der Waals surface area (Å²) in [5, 5.41) is 31.7. The number of aryl methyl sites for hydroxylation is 1. The van der Waals surface area contributed by atoms with Crippen LogP contribution in [-0.4, -0.2) is 96.6 Å². The van der Waals surface area contributed by atoms with Crippen LogP contribution < -0.4 is 31.9 Å². The molecule has 1 aromatic heterocycles. The fourth-order valence-corrected chi connectivity index (χ4v) is 11.3. The molecule has 1 saturated heterocycles. The van der Waals surface area contributed by atoms with Crippen molar-refractivity contribution in [2.45, 2.75) is 173 Å². The number of benzene rings is 1. The van der Waals surface area contributed by atoms with Crippen LogP contribution in [0.3, 0.4) is 0 Å². The molecule has 0 spiro atoms. The fraction of sp³-hybridized carbons (Fsp3) is 0.681. The number of anilines is 1. The van der Waals surface area contributed by atoms with Gasteiger partial charge < -0.3 is 41.2 Å². The molecular formula is C47H70N9O8. The molecule has 4 saturated carbocycles. The first-order valence-corrected chi connectivity index (χ1v) is 22.8. The van der Waals surface area contributed by atoms with E-state index in [0.29, 0.717) is 56.2 Å². The number of amides is 6. The van der Waals surface area contributed by atoms with Crippen molar-refractivity contribution >= 4 is 41.3 Å². The van der Waals surface area contributed by atoms with Crippen molar-refractivity contribution in [2.24, 2.45) is 30.2 Å². The van der Waals surface area contributed by atoms with Crippen LogP contribution >= 0.6 is 0 Å². The van der Waals surface area contributed by atoms with Crippen LogP contribution in [0.2, 0.25) is 0 Å². The third-order valence-electron chi connectivity index (χ3n) is 13.6. The van der Waals surface area contributed by atoms with Crippen molar-refractivity contribution in [1.29, 1.82) is 0 Å². The Bertz CT molecular complexity index is 2080. The SMILES string of the molecule is CC(C)[C@H](NC(=O)C12C[C@@H]3C[C@@H](CC(NC(=O)[C@H](Cc4cncn4C)NC(=O)OC(C)(C)C)(C3)C1)C2)C(=O)N[C@@H](C)C(=O)Nc1cccc(C(=O)NC2CC(C)(C)N([O])C(C)(C)C2)c1. The Morgan fingerprint density at radius 1 is 0.859 bits per heavy atom. The number of nitrogens with one attached hydrogen (secondary N) is 6. The summed E-state index contributed by atoms with van der Waals surface area (Å²) >= 11 is 0. The number of carbonyl (C=O) groups is 6. The molecule has 1 aromatic carbocycles. The highest BCUT2D eigenvalue weighted by atomic mass is 16.6. The van der Waals surface area contributed by atoms with Gasteiger partial charge >= 0.3 is 6.09 Å². The smallest absolute Gasteiger partial charge is 0.408 e. The number of aromatic nitrogens is 2. The van der Waals surface area contributed by atoms with E-state index < -0.39 is 63.7 Å². The Kier molecular flexibility index (Phi) is 13.7. The lowest BCUT2D eigenvalue weighted by Crippen LogP contribution is -2.68. The first kappa shape index (κ1) is 48.4. The van der Waals surface area contributed by atoms with Crippen molar-refractivity contribution in [1.82, 2.24) is 41.2 Å². The van der Waals surface area contributed by atoms with E-state index in [1.165, 1.54) is 0 Å². The van der Waals surface area contributed by atoms with Gasteiger partial charge in [-0.3, -0.25) is 24.0 Å². The molecular weight excluding hydrogens is 819 g/mol. The van der Waals surface area contributed by atoms with E-state index >= 15 is 0 Å². The van der Waals surface area contributed by atoms with Crippen LogP contribution in [0, 0.1) is 23.2 Å². The van der Waals surface area contributed by atoms with Crippen molar-refractivity contribution in [3.05, 3.63) is 48.0 Å². The Hall–Kier alpha value is -5.03. The quantitative estimate of drug-likeness (QED) is 0.155. The maximum atomic E-state index is 14.5. The Balaban J connectivity index is 1.08. The molecule has 2 heterocycles. The largest absolute Gasteiger partial charge is 0.444 e. The molecule has 5 aliphatic rings. The molecule has 1 radical (unpaired) electrons. The number of alkyl carbamates (subject to hydrolysis) is 1. The number of nitrogens with zero attached hydrogens (tertiary/aromatic N) is 3. The standard InChI is InChI=1S/C47H70N9O8/c1-27(2)36(40(60)49-28(3)37(57)50-32-14-12-13-31(16-32)38(58)51-33-22-44(7,8)56(63)45(9,10)23-33)53-41(61)46-18-29-15-30(19-46)21-47(20-29,25-46)54-39(59)35(17-34-24-48-26-55(34)11)52-42(62)64-43(4,5)6/h12-14,16,24,26-30,33,35-36H,15,17-23,25H2,1-11H3,(H,49,60)(H,50,57)(H,51,58)(H,52,62)(H,53,61)(H,54,59)/t28-,29-,30+,35-,36-,46?,47?/m0/s1. The average molecular weight is 889 g/mol. The molecule has 4 aliphatic carbocycles. The summed E-state index contributed by atoms with van der Waals surface area (Å²) in [6, 6.07) is 3.42. The third-order valence-corrected chi connectivity index (χ3v) is 13.6. The highest BCUT2D eigenvalue weighted by molar-refractivity contribution is 6.00. The first-order valence-electron chi connectivity index (χ1n) is 22.8. The number of imidazole rings is 1. The van der Waals surface area contributed by atoms with Gasteiger partial charge in [0.2, 0.25) is 23.6 Å². The molecule has 2 aromatic rings. The molecule has 7 rings (SSSR count). The van der Waals surface area contributed by atoms with Crippen LogP contribution in [0.5, 0.6) is 0 Å². The van der Waals surface area contributed by atoms with Crippen molar-refractivity contribution in [3.8, 4) is 0 Å². The minimum Gasteiger partial charge on any atom is -0.444 e. The number of ether oxygens (including phenoxy) is 1. The molecule has 17 heteroatoms. The zero-order chi connectivity index (χ0) is 47.2. The van der Waals surface area contributed by atoms with Gasteiger partial charge in [-0.15, -0.1) is 10.3 Å². The van der Waals surface area contributed by atoms with E-state index in [1.54, 1.807) is 69.1 Å². The number of hydrogen-bond donors (Lipinski definition) is 6. The monoisotopic (exact) mass is 889 g/mol. The van der Waals surface area contributed by atoms with Crippen LogP contribution in [0.1, 0.15) is 137 Å². The average Bonchev–Trinajstić information content (AvgIpc) is 3.57. The number of hydroxylamine groups is 2. The molecule has 64 heavy (non-hydrogen) atoms. The summed E-state index contributed by atoms with van der Waals surface area (Å²) in [7, 11) is 1.82. The Morgan fingerprint density at radius 3 is 2.08 bits per heavy atom. The maximum Gasteiger partial charge on any atom is 0.408 e. The summed E-state index contributed by atoms with van der Waals surface area (Å²) in [6.07, 6.45) is 7.78. The summed E-state index contributed by atoms with van der Waals surface area (Å²) in [5.41, 5.74) is -2.11. The molecule has 2 unspecified atom stereocenters. The van der Waals surface area contributed by atoms with E-state index in [2.05, 4.69) is 36.9 Å². The molecule has 5 fully saturated rings. The minimum atomic E-state index is -0.989. The van der Waals surface area contributed by atoms with Gasteiger partial charge in [0, 0.05) is 59.3 Å². The highest BCUT2D eigenvalue weighted by Crippen LogP contribution is 2.61. The predicted octanol–water partition coefficient (Wildman–Crippen LogP) is 4.69. The number of carbonyl (C=O) groups excluding carboxylic acids is 6. The summed E-state index contributed by atoms with van der Waals surface area (Å²) in [6.45, 7) is 18.0. The molecule has 1 aliphatic heterocycles. The molecule has 6 N–H and O–H groups in total. The van der Waals surface area contributed by atoms with Gasteiger partial charge in [-0.2, -0.15) is 0 Å². The summed E-state index contributed by atoms with van der Waals surface area (Å²) < 4.78 is 7.31. The van der Waals surface area contributed by atoms with E-state index in [9.17, 15) is 34.0 Å². The second kappa shape index (κ2) is 18.1. The minimum absolute atomic E-state index is 0.184. The van der Waals surface area contributed by atoms with Crippen molar-refractivity contribution in [3.63, 3.8) is 0 Å². The van der Waals surface area contributed by atoms with Crippen LogP contribution in [-0.2, 0) is 42.6 Å². The topological polar surface area (TPSA) is 225 Å². The van der Waals surface area contributed by atoms with Crippen molar-refractivity contribution < 1.29 is 38.7 Å². The van der Waals surface area contributed by atoms with Gasteiger partial charge in [0.15, 0.2) is 0 Å². The van der Waals surface area contributed by atoms with Crippen LogP contribution in [0.4, 0.5) is 10.5 Å². The molecule has 351 valence electrons. The fourth-order valence-electron chi connectivity index (χ4n) is 11.3. The summed E-state index contributed by atoms with van der Waals surface area (Å²) in [5.74, 6) is -1.88. The van der Waals surface area contributed by atoms with Gasteiger partial charge in [0.05, 0.1) is 11.7 Å². The van der Waals surface area contributed by atoms with Gasteiger partial charge in [-0.05, 0) is 143 Å². The van der Waals surface area contributed by atoms with E-state index in [4.69, 9.17) is 4.74 Å².